The molecule has 0 saturated carbocycles. The van der Waals surface area contributed by atoms with Gasteiger partial charge in [-0.2, -0.15) is 0 Å². The molecule has 5 nitrogen and oxygen atoms in total. The van der Waals surface area contributed by atoms with Crippen LogP contribution in [-0.2, 0) is 21.5 Å². The molecule has 0 radical (unpaired) electrons. The zero-order chi connectivity index (χ0) is 21.3. The smallest absolute Gasteiger partial charge is 0.315 e. The van der Waals surface area contributed by atoms with Gasteiger partial charge in [0, 0.05) is 29.2 Å². The molecular formula is C25H30N2O3. The molecule has 1 atom stereocenters. The van der Waals surface area contributed by atoms with Crippen LogP contribution in [0.2, 0.25) is 0 Å². The summed E-state index contributed by atoms with van der Waals surface area (Å²) in [5.41, 5.74) is 4.71. The Morgan fingerprint density at radius 3 is 2.77 bits per heavy atom. The quantitative estimate of drug-likeness (QED) is 0.601. The van der Waals surface area contributed by atoms with Crippen molar-refractivity contribution in [1.29, 1.82) is 0 Å². The normalized spacial score (nSPS) is 17.5. The molecule has 1 aliphatic heterocycles. The summed E-state index contributed by atoms with van der Waals surface area (Å²) in [7, 11) is 1.43. The Kier molecular flexibility index (Phi) is 5.67. The first-order chi connectivity index (χ1) is 14.4. The van der Waals surface area contributed by atoms with Gasteiger partial charge in [-0.3, -0.25) is 9.69 Å². The van der Waals surface area contributed by atoms with Crippen LogP contribution in [-0.4, -0.2) is 47.3 Å². The van der Waals surface area contributed by atoms with Crippen LogP contribution in [0.4, 0.5) is 0 Å². The fraction of sp³-hybridized carbons (Fsp3) is 0.400. The van der Waals surface area contributed by atoms with Crippen molar-refractivity contribution in [3.05, 3.63) is 59.8 Å². The Morgan fingerprint density at radius 2 is 2.00 bits per heavy atom. The number of nitrogens with zero attached hydrogens (tertiary/aromatic N) is 1. The topological polar surface area (TPSA) is 65.6 Å². The highest BCUT2D eigenvalue weighted by atomic mass is 16.5. The van der Waals surface area contributed by atoms with Gasteiger partial charge < -0.3 is 14.8 Å². The van der Waals surface area contributed by atoms with Crippen LogP contribution in [0.3, 0.4) is 0 Å². The molecular weight excluding hydrogens is 376 g/mol. The number of hydrogen-bond acceptors (Lipinski definition) is 4. The standard InChI is InChI=1S/C25H30N2O3/c1-25(2,24(29)30-3)20-7-4-6-17(13-20)18-9-10-23-19(12-18)14-21(26-23)15-27-11-5-8-22(27)16-28/h4,6-7,9-10,12-14,22,26,28H,5,8,11,15-16H2,1-3H3/t22-/m1/s1. The first-order valence-electron chi connectivity index (χ1n) is 10.6. The van der Waals surface area contributed by atoms with E-state index < -0.39 is 5.41 Å². The summed E-state index contributed by atoms with van der Waals surface area (Å²) in [5.74, 6) is -0.242. The highest BCUT2D eigenvalue weighted by molar-refractivity contribution is 5.87. The Balaban J connectivity index is 1.61. The number of aliphatic hydroxyl groups is 1. The maximum absolute atomic E-state index is 12.2. The number of esters is 1. The van der Waals surface area contributed by atoms with Crippen LogP contribution in [0.1, 0.15) is 37.9 Å². The molecule has 4 rings (SSSR count). The first-order valence-corrected chi connectivity index (χ1v) is 10.6. The molecule has 0 aliphatic carbocycles. The summed E-state index contributed by atoms with van der Waals surface area (Å²) < 4.78 is 4.98. The number of aliphatic hydroxyl groups excluding tert-OH is 1. The fourth-order valence-corrected chi connectivity index (χ4v) is 4.45. The number of carbonyl (C=O) groups is 1. The van der Waals surface area contributed by atoms with Crippen LogP contribution < -0.4 is 0 Å². The van der Waals surface area contributed by atoms with E-state index in [0.717, 1.165) is 48.1 Å². The molecule has 1 fully saturated rings. The molecule has 0 unspecified atom stereocenters. The van der Waals surface area contributed by atoms with Gasteiger partial charge in [0.05, 0.1) is 19.1 Å². The van der Waals surface area contributed by atoms with E-state index in [2.05, 4.69) is 46.3 Å². The minimum Gasteiger partial charge on any atom is -0.468 e. The van der Waals surface area contributed by atoms with Crippen LogP contribution >= 0.6 is 0 Å². The van der Waals surface area contributed by atoms with Gasteiger partial charge in [0.25, 0.3) is 0 Å². The van der Waals surface area contributed by atoms with Gasteiger partial charge in [-0.25, -0.2) is 0 Å². The number of aromatic nitrogens is 1. The predicted molar refractivity (Wildman–Crippen MR) is 119 cm³/mol. The van der Waals surface area contributed by atoms with Gasteiger partial charge >= 0.3 is 5.97 Å². The number of aromatic amines is 1. The minimum atomic E-state index is -0.699. The highest BCUT2D eigenvalue weighted by Gasteiger charge is 2.31. The van der Waals surface area contributed by atoms with E-state index in [4.69, 9.17) is 4.74 Å². The second-order valence-corrected chi connectivity index (χ2v) is 8.74. The molecule has 30 heavy (non-hydrogen) atoms. The van der Waals surface area contributed by atoms with Crippen molar-refractivity contribution in [2.75, 3.05) is 20.3 Å². The van der Waals surface area contributed by atoms with Crippen LogP contribution in [0, 0.1) is 0 Å². The molecule has 3 aromatic rings. The van der Waals surface area contributed by atoms with Crippen molar-refractivity contribution in [3.63, 3.8) is 0 Å². The maximum atomic E-state index is 12.2. The lowest BCUT2D eigenvalue weighted by Gasteiger charge is -2.22. The van der Waals surface area contributed by atoms with E-state index >= 15 is 0 Å². The Hall–Kier alpha value is -2.63. The molecule has 5 heteroatoms. The number of H-pyrrole nitrogens is 1. The lowest BCUT2D eigenvalue weighted by Crippen LogP contribution is -2.31. The lowest BCUT2D eigenvalue weighted by molar-refractivity contribution is -0.146. The average molecular weight is 407 g/mol. The Labute approximate surface area is 177 Å². The van der Waals surface area contributed by atoms with E-state index in [9.17, 15) is 9.90 Å². The number of likely N-dealkylation sites (tertiary alicyclic amines) is 1. The van der Waals surface area contributed by atoms with E-state index in [1.54, 1.807) is 0 Å². The summed E-state index contributed by atoms with van der Waals surface area (Å²) in [5, 5.41) is 10.7. The minimum absolute atomic E-state index is 0.225. The molecule has 158 valence electrons. The van der Waals surface area contributed by atoms with E-state index in [0.29, 0.717) is 0 Å². The largest absolute Gasteiger partial charge is 0.468 e. The van der Waals surface area contributed by atoms with Crippen molar-refractivity contribution in [3.8, 4) is 11.1 Å². The van der Waals surface area contributed by atoms with Crippen LogP contribution in [0.5, 0.6) is 0 Å². The maximum Gasteiger partial charge on any atom is 0.315 e. The van der Waals surface area contributed by atoms with Crippen molar-refractivity contribution >= 4 is 16.9 Å². The summed E-state index contributed by atoms with van der Waals surface area (Å²) >= 11 is 0. The van der Waals surface area contributed by atoms with Gasteiger partial charge in [0.15, 0.2) is 0 Å². The third-order valence-electron chi connectivity index (χ3n) is 6.37. The zero-order valence-corrected chi connectivity index (χ0v) is 17.9. The molecule has 1 aliphatic rings. The zero-order valence-electron chi connectivity index (χ0n) is 17.9. The predicted octanol–water partition coefficient (Wildman–Crippen LogP) is 4.24. The van der Waals surface area contributed by atoms with E-state index in [-0.39, 0.29) is 18.6 Å². The van der Waals surface area contributed by atoms with Crippen molar-refractivity contribution < 1.29 is 14.6 Å². The molecule has 0 spiro atoms. The van der Waals surface area contributed by atoms with E-state index in [1.165, 1.54) is 18.2 Å². The number of fused-ring (bicyclic) bond motifs is 1. The fourth-order valence-electron chi connectivity index (χ4n) is 4.45. The van der Waals surface area contributed by atoms with Crippen molar-refractivity contribution in [2.45, 2.75) is 44.7 Å². The number of methoxy groups -OCH3 is 1. The number of carbonyl (C=O) groups excluding carboxylic acids is 1. The first kappa shape index (κ1) is 20.6. The summed E-state index contributed by atoms with van der Waals surface area (Å²) in [6, 6.07) is 17.0. The molecule has 2 N–H and O–H groups in total. The summed E-state index contributed by atoms with van der Waals surface area (Å²) in [6.07, 6.45) is 2.22. The molecule has 0 amide bonds. The number of rotatable bonds is 6. The molecule has 0 bridgehead atoms. The summed E-state index contributed by atoms with van der Waals surface area (Å²) in [4.78, 5) is 18.1. The van der Waals surface area contributed by atoms with Gasteiger partial charge in [0.2, 0.25) is 0 Å². The van der Waals surface area contributed by atoms with Gasteiger partial charge in [-0.15, -0.1) is 0 Å². The second kappa shape index (κ2) is 8.25. The molecule has 1 aromatic heterocycles. The third-order valence-corrected chi connectivity index (χ3v) is 6.37. The van der Waals surface area contributed by atoms with Crippen molar-refractivity contribution in [1.82, 2.24) is 9.88 Å². The number of nitrogens with one attached hydrogen (secondary N) is 1. The second-order valence-electron chi connectivity index (χ2n) is 8.74. The van der Waals surface area contributed by atoms with E-state index in [1.807, 2.05) is 26.0 Å². The SMILES string of the molecule is COC(=O)C(C)(C)c1cccc(-c2ccc3[nH]c(CN4CCC[C@@H]4CO)cc3c2)c1. The van der Waals surface area contributed by atoms with Crippen molar-refractivity contribution in [2.24, 2.45) is 0 Å². The Morgan fingerprint density at radius 1 is 1.20 bits per heavy atom. The van der Waals surface area contributed by atoms with Gasteiger partial charge in [0.1, 0.15) is 0 Å². The molecule has 1 saturated heterocycles. The van der Waals surface area contributed by atoms with Crippen LogP contribution in [0.15, 0.2) is 48.5 Å². The van der Waals surface area contributed by atoms with Gasteiger partial charge in [-0.05, 0) is 68.1 Å². The molecule has 2 aromatic carbocycles. The van der Waals surface area contributed by atoms with Gasteiger partial charge in [-0.1, -0.05) is 30.3 Å². The number of hydrogen-bond donors (Lipinski definition) is 2. The molecule has 2 heterocycles. The van der Waals surface area contributed by atoms with Crippen LogP contribution in [0.25, 0.3) is 22.0 Å². The summed E-state index contributed by atoms with van der Waals surface area (Å²) in [6.45, 7) is 5.87. The average Bonchev–Trinajstić information content (AvgIpc) is 3.38. The number of ether oxygens (including phenoxy) is 1. The third kappa shape index (κ3) is 3.87. The lowest BCUT2D eigenvalue weighted by atomic mass is 9.83. The Bertz CT molecular complexity index is 1050. The monoisotopic (exact) mass is 406 g/mol. The highest BCUT2D eigenvalue weighted by Crippen LogP contribution is 2.31. The number of benzene rings is 2.